The second-order valence-corrected chi connectivity index (χ2v) is 5.43. The van der Waals surface area contributed by atoms with Crippen molar-refractivity contribution in [3.05, 3.63) is 46.1 Å². The summed E-state index contributed by atoms with van der Waals surface area (Å²) < 4.78 is 2.29. The molecule has 0 bridgehead atoms. The van der Waals surface area contributed by atoms with Crippen molar-refractivity contribution in [2.24, 2.45) is 0 Å². The zero-order valence-corrected chi connectivity index (χ0v) is 11.3. The Labute approximate surface area is 118 Å². The topological polar surface area (TPSA) is 68.5 Å². The molecule has 3 rings (SSSR count). The number of para-hydroxylation sites is 2. The first-order chi connectivity index (χ1) is 9.33. The van der Waals surface area contributed by atoms with Gasteiger partial charge in [-0.25, -0.2) is 4.98 Å². The van der Waals surface area contributed by atoms with Crippen LogP contribution < -0.4 is 5.32 Å². The fraction of sp³-hybridized carbons (Fsp3) is 0.0909. The van der Waals surface area contributed by atoms with Gasteiger partial charge in [-0.1, -0.05) is 23.7 Å². The Bertz CT molecular complexity index is 665. The number of halogens is 1. The van der Waals surface area contributed by atoms with Crippen LogP contribution in [0.15, 0.2) is 36.8 Å². The van der Waals surface area contributed by atoms with Gasteiger partial charge in [0.2, 0.25) is 0 Å². The molecule has 3 aromatic rings. The van der Waals surface area contributed by atoms with Crippen molar-refractivity contribution in [1.82, 2.24) is 25.2 Å². The standard InChI is InChI=1S/C11H9ClN6S/c12-10-5-14-11(19-10)6-13-8-3-1-2-4-9(8)18-7-15-16-17-18/h1-5,7,13H,6H2. The van der Waals surface area contributed by atoms with Crippen LogP contribution in [-0.4, -0.2) is 25.2 Å². The van der Waals surface area contributed by atoms with E-state index in [0.717, 1.165) is 16.4 Å². The van der Waals surface area contributed by atoms with Gasteiger partial charge in [-0.05, 0) is 22.6 Å². The van der Waals surface area contributed by atoms with E-state index >= 15 is 0 Å². The molecule has 0 aliphatic rings. The molecule has 0 saturated carbocycles. The molecule has 96 valence electrons. The molecular weight excluding hydrogens is 284 g/mol. The van der Waals surface area contributed by atoms with E-state index in [-0.39, 0.29) is 0 Å². The van der Waals surface area contributed by atoms with Gasteiger partial charge in [0.1, 0.15) is 15.7 Å². The molecule has 0 spiro atoms. The highest BCUT2D eigenvalue weighted by molar-refractivity contribution is 7.15. The molecule has 0 amide bonds. The van der Waals surface area contributed by atoms with Crippen LogP contribution >= 0.6 is 22.9 Å². The zero-order valence-electron chi connectivity index (χ0n) is 9.69. The summed E-state index contributed by atoms with van der Waals surface area (Å²) in [7, 11) is 0. The van der Waals surface area contributed by atoms with Gasteiger partial charge in [0, 0.05) is 0 Å². The van der Waals surface area contributed by atoms with Gasteiger partial charge in [-0.2, -0.15) is 4.68 Å². The average molecular weight is 293 g/mol. The maximum Gasteiger partial charge on any atom is 0.143 e. The van der Waals surface area contributed by atoms with E-state index in [0.29, 0.717) is 10.9 Å². The molecule has 0 saturated heterocycles. The summed E-state index contributed by atoms with van der Waals surface area (Å²) in [4.78, 5) is 4.20. The number of aromatic nitrogens is 5. The number of hydrogen-bond donors (Lipinski definition) is 1. The van der Waals surface area contributed by atoms with Gasteiger partial charge < -0.3 is 5.32 Å². The third-order valence-corrected chi connectivity index (χ3v) is 3.57. The molecule has 2 aromatic heterocycles. The lowest BCUT2D eigenvalue weighted by Gasteiger charge is -2.09. The lowest BCUT2D eigenvalue weighted by Crippen LogP contribution is -2.04. The first-order valence-electron chi connectivity index (χ1n) is 5.49. The maximum atomic E-state index is 5.85. The Hall–Kier alpha value is -1.99. The summed E-state index contributed by atoms with van der Waals surface area (Å²) in [6, 6.07) is 7.78. The number of rotatable bonds is 4. The molecule has 1 aromatic carbocycles. The number of tetrazole rings is 1. The summed E-state index contributed by atoms with van der Waals surface area (Å²) in [6.45, 7) is 0.608. The SMILES string of the molecule is Clc1cnc(CNc2ccccc2-n2cnnn2)s1. The molecule has 2 heterocycles. The molecule has 0 aliphatic carbocycles. The highest BCUT2D eigenvalue weighted by atomic mass is 35.5. The minimum Gasteiger partial charge on any atom is -0.377 e. The Morgan fingerprint density at radius 1 is 1.32 bits per heavy atom. The molecule has 0 radical (unpaired) electrons. The van der Waals surface area contributed by atoms with Crippen LogP contribution in [0.1, 0.15) is 5.01 Å². The zero-order chi connectivity index (χ0) is 13.1. The minimum atomic E-state index is 0.608. The fourth-order valence-corrected chi connectivity index (χ4v) is 2.53. The summed E-state index contributed by atoms with van der Waals surface area (Å²) in [5, 5.41) is 15.4. The number of hydrogen-bond acceptors (Lipinski definition) is 6. The lowest BCUT2D eigenvalue weighted by molar-refractivity contribution is 0.789. The van der Waals surface area contributed by atoms with Gasteiger partial charge in [-0.15, -0.1) is 16.4 Å². The van der Waals surface area contributed by atoms with Crippen molar-refractivity contribution in [2.45, 2.75) is 6.54 Å². The minimum absolute atomic E-state index is 0.608. The van der Waals surface area contributed by atoms with E-state index in [1.54, 1.807) is 17.2 Å². The van der Waals surface area contributed by atoms with E-state index in [1.165, 1.54) is 11.3 Å². The predicted molar refractivity (Wildman–Crippen MR) is 73.6 cm³/mol. The molecule has 0 fully saturated rings. The summed E-state index contributed by atoms with van der Waals surface area (Å²) >= 11 is 7.31. The molecular formula is C11H9ClN6S. The molecule has 0 atom stereocenters. The van der Waals surface area contributed by atoms with Crippen LogP contribution in [0.2, 0.25) is 4.34 Å². The fourth-order valence-electron chi connectivity index (χ4n) is 1.64. The van der Waals surface area contributed by atoms with Crippen LogP contribution in [0.25, 0.3) is 5.69 Å². The third-order valence-electron chi connectivity index (χ3n) is 2.46. The first-order valence-corrected chi connectivity index (χ1v) is 6.69. The van der Waals surface area contributed by atoms with Crippen molar-refractivity contribution >= 4 is 28.6 Å². The molecule has 19 heavy (non-hydrogen) atoms. The van der Waals surface area contributed by atoms with Gasteiger partial charge >= 0.3 is 0 Å². The van der Waals surface area contributed by atoms with Gasteiger partial charge in [0.15, 0.2) is 0 Å². The second-order valence-electron chi connectivity index (χ2n) is 3.68. The number of nitrogens with zero attached hydrogens (tertiary/aromatic N) is 5. The van der Waals surface area contributed by atoms with E-state index in [4.69, 9.17) is 11.6 Å². The normalized spacial score (nSPS) is 10.6. The highest BCUT2D eigenvalue weighted by Gasteiger charge is 2.06. The summed E-state index contributed by atoms with van der Waals surface area (Å²) in [5.74, 6) is 0. The molecule has 1 N–H and O–H groups in total. The highest BCUT2D eigenvalue weighted by Crippen LogP contribution is 2.22. The summed E-state index contributed by atoms with van der Waals surface area (Å²) in [6.07, 6.45) is 3.21. The van der Waals surface area contributed by atoms with Gasteiger partial charge in [0.25, 0.3) is 0 Å². The van der Waals surface area contributed by atoms with Crippen molar-refractivity contribution in [2.75, 3.05) is 5.32 Å². The van der Waals surface area contributed by atoms with E-state index in [1.807, 2.05) is 24.3 Å². The van der Waals surface area contributed by atoms with Crippen molar-refractivity contribution in [3.8, 4) is 5.69 Å². The Kier molecular flexibility index (Phi) is 3.39. The van der Waals surface area contributed by atoms with Crippen LogP contribution in [0.5, 0.6) is 0 Å². The third kappa shape index (κ3) is 2.72. The van der Waals surface area contributed by atoms with Crippen molar-refractivity contribution < 1.29 is 0 Å². The van der Waals surface area contributed by atoms with Crippen LogP contribution in [-0.2, 0) is 6.54 Å². The number of anilines is 1. The number of benzene rings is 1. The van der Waals surface area contributed by atoms with E-state index in [9.17, 15) is 0 Å². The van der Waals surface area contributed by atoms with Gasteiger partial charge in [-0.3, -0.25) is 0 Å². The van der Waals surface area contributed by atoms with Gasteiger partial charge in [0.05, 0.1) is 24.1 Å². The van der Waals surface area contributed by atoms with Crippen molar-refractivity contribution in [3.63, 3.8) is 0 Å². The first kappa shape index (κ1) is 12.1. The van der Waals surface area contributed by atoms with E-state index < -0.39 is 0 Å². The van der Waals surface area contributed by atoms with Crippen LogP contribution in [0.3, 0.4) is 0 Å². The Morgan fingerprint density at radius 2 is 2.21 bits per heavy atom. The Morgan fingerprint density at radius 3 is 2.95 bits per heavy atom. The lowest BCUT2D eigenvalue weighted by atomic mass is 10.2. The largest absolute Gasteiger partial charge is 0.377 e. The number of nitrogens with one attached hydrogen (secondary N) is 1. The average Bonchev–Trinajstić information content (AvgIpc) is 3.08. The molecule has 6 nitrogen and oxygen atoms in total. The van der Waals surface area contributed by atoms with E-state index in [2.05, 4.69) is 25.8 Å². The monoisotopic (exact) mass is 292 g/mol. The quantitative estimate of drug-likeness (QED) is 0.799. The molecule has 8 heteroatoms. The molecule has 0 aliphatic heterocycles. The Balaban J connectivity index is 1.81. The van der Waals surface area contributed by atoms with Crippen LogP contribution in [0, 0.1) is 0 Å². The maximum absolute atomic E-state index is 5.85. The molecule has 0 unspecified atom stereocenters. The number of thiazole rings is 1. The van der Waals surface area contributed by atoms with Crippen LogP contribution in [0.4, 0.5) is 5.69 Å². The smallest absolute Gasteiger partial charge is 0.143 e. The second kappa shape index (κ2) is 5.33. The summed E-state index contributed by atoms with van der Waals surface area (Å²) in [5.41, 5.74) is 1.82. The van der Waals surface area contributed by atoms with Crippen molar-refractivity contribution in [1.29, 1.82) is 0 Å². The predicted octanol–water partition coefficient (Wildman–Crippen LogP) is 2.38.